The van der Waals surface area contributed by atoms with Gasteiger partial charge in [-0.2, -0.15) is 13.2 Å². The van der Waals surface area contributed by atoms with E-state index in [-0.39, 0.29) is 6.04 Å². The van der Waals surface area contributed by atoms with Gasteiger partial charge in [0.05, 0.1) is 5.56 Å². The minimum Gasteiger partial charge on any atom is -0.385 e. The van der Waals surface area contributed by atoms with Gasteiger partial charge in [0.1, 0.15) is 5.82 Å². The van der Waals surface area contributed by atoms with Gasteiger partial charge in [-0.3, -0.25) is 0 Å². The number of rotatable bonds is 2. The molecule has 0 atom stereocenters. The van der Waals surface area contributed by atoms with Gasteiger partial charge in [-0.15, -0.1) is 0 Å². The minimum absolute atomic E-state index is 0.211. The number of hydrogen-bond acceptors (Lipinski definition) is 1. The van der Waals surface area contributed by atoms with E-state index in [1.807, 2.05) is 24.6 Å². The van der Waals surface area contributed by atoms with Crippen molar-refractivity contribution in [2.45, 2.75) is 26.1 Å². The number of aromatic nitrogens is 1. The first-order valence-corrected chi connectivity index (χ1v) is 5.94. The molecule has 0 spiro atoms. The Kier molecular flexibility index (Phi) is 3.30. The number of benzene rings is 1. The number of anilines is 1. The molecule has 2 nitrogen and oxygen atoms in total. The van der Waals surface area contributed by atoms with Crippen LogP contribution in [-0.2, 0) is 6.18 Å². The fourth-order valence-corrected chi connectivity index (χ4v) is 1.95. The first-order valence-electron chi connectivity index (χ1n) is 5.94. The van der Waals surface area contributed by atoms with E-state index in [2.05, 4.69) is 0 Å². The van der Waals surface area contributed by atoms with Crippen LogP contribution in [0.1, 0.15) is 25.5 Å². The van der Waals surface area contributed by atoms with Crippen molar-refractivity contribution in [2.24, 2.45) is 0 Å². The van der Waals surface area contributed by atoms with E-state index < -0.39 is 11.7 Å². The molecular weight excluding hydrogens is 253 g/mol. The van der Waals surface area contributed by atoms with Crippen molar-refractivity contribution in [2.75, 3.05) is 5.73 Å². The van der Waals surface area contributed by atoms with Crippen LogP contribution in [0.15, 0.2) is 36.5 Å². The Balaban J connectivity index is 2.35. The normalized spacial score (nSPS) is 12.1. The van der Waals surface area contributed by atoms with Crippen LogP contribution in [0, 0.1) is 0 Å². The van der Waals surface area contributed by atoms with Crippen molar-refractivity contribution in [1.29, 1.82) is 0 Å². The van der Waals surface area contributed by atoms with E-state index >= 15 is 0 Å². The smallest absolute Gasteiger partial charge is 0.385 e. The molecule has 1 heterocycles. The van der Waals surface area contributed by atoms with Crippen molar-refractivity contribution in [3.8, 4) is 11.1 Å². The Labute approximate surface area is 109 Å². The van der Waals surface area contributed by atoms with Gasteiger partial charge in [-0.1, -0.05) is 12.1 Å². The highest BCUT2D eigenvalue weighted by Gasteiger charge is 2.30. The molecule has 2 N–H and O–H groups in total. The standard InChI is InChI=1S/C14H15F3N2/c1-9(2)19-8-11(7-13(19)18)10-3-5-12(6-4-10)14(15,16)17/h3-9H,18H2,1-2H3. The van der Waals surface area contributed by atoms with Gasteiger partial charge >= 0.3 is 6.18 Å². The van der Waals surface area contributed by atoms with E-state index in [1.54, 1.807) is 6.07 Å². The van der Waals surface area contributed by atoms with Crippen molar-refractivity contribution in [1.82, 2.24) is 4.57 Å². The molecule has 2 rings (SSSR count). The first-order chi connectivity index (χ1) is 8.79. The van der Waals surface area contributed by atoms with Gasteiger partial charge in [0.2, 0.25) is 0 Å². The molecule has 0 bridgehead atoms. The second-order valence-electron chi connectivity index (χ2n) is 4.73. The van der Waals surface area contributed by atoms with Crippen LogP contribution in [0.5, 0.6) is 0 Å². The number of nitrogens with two attached hydrogens (primary N) is 1. The highest BCUT2D eigenvalue weighted by atomic mass is 19.4. The molecule has 19 heavy (non-hydrogen) atoms. The summed E-state index contributed by atoms with van der Waals surface area (Å²) in [5.74, 6) is 0.602. The summed E-state index contributed by atoms with van der Waals surface area (Å²) < 4.78 is 39.3. The minimum atomic E-state index is -4.30. The Morgan fingerprint density at radius 2 is 1.63 bits per heavy atom. The third kappa shape index (κ3) is 2.75. The molecule has 5 heteroatoms. The van der Waals surface area contributed by atoms with Crippen LogP contribution in [0.3, 0.4) is 0 Å². The third-order valence-corrected chi connectivity index (χ3v) is 2.98. The van der Waals surface area contributed by atoms with Crippen LogP contribution < -0.4 is 5.73 Å². The predicted octanol–water partition coefficient (Wildman–Crippen LogP) is 4.34. The van der Waals surface area contributed by atoms with Crippen LogP contribution in [0.4, 0.5) is 19.0 Å². The highest BCUT2D eigenvalue weighted by molar-refractivity contribution is 5.67. The molecule has 0 aliphatic carbocycles. The summed E-state index contributed by atoms with van der Waals surface area (Å²) in [4.78, 5) is 0. The molecule has 0 fully saturated rings. The molecule has 0 saturated carbocycles. The molecule has 0 amide bonds. The lowest BCUT2D eigenvalue weighted by Crippen LogP contribution is -2.04. The lowest BCUT2D eigenvalue weighted by Gasteiger charge is -2.09. The Morgan fingerprint density at radius 1 is 1.05 bits per heavy atom. The fourth-order valence-electron chi connectivity index (χ4n) is 1.95. The van der Waals surface area contributed by atoms with Gasteiger partial charge in [0, 0.05) is 17.8 Å². The maximum absolute atomic E-state index is 12.5. The zero-order valence-electron chi connectivity index (χ0n) is 10.7. The SMILES string of the molecule is CC(C)n1cc(-c2ccc(C(F)(F)F)cc2)cc1N. The van der Waals surface area contributed by atoms with Crippen LogP contribution in [0.25, 0.3) is 11.1 Å². The molecule has 1 aromatic heterocycles. The molecule has 2 aromatic rings. The van der Waals surface area contributed by atoms with Gasteiger partial charge in [-0.25, -0.2) is 0 Å². The molecule has 0 aliphatic heterocycles. The van der Waals surface area contributed by atoms with E-state index in [9.17, 15) is 13.2 Å². The van der Waals surface area contributed by atoms with Gasteiger partial charge in [0.15, 0.2) is 0 Å². The van der Waals surface area contributed by atoms with E-state index in [0.717, 1.165) is 23.3 Å². The largest absolute Gasteiger partial charge is 0.416 e. The van der Waals surface area contributed by atoms with Crippen molar-refractivity contribution >= 4 is 5.82 Å². The van der Waals surface area contributed by atoms with E-state index in [4.69, 9.17) is 5.73 Å². The maximum Gasteiger partial charge on any atom is 0.416 e. The second kappa shape index (κ2) is 4.64. The lowest BCUT2D eigenvalue weighted by atomic mass is 10.1. The average Bonchev–Trinajstić information content (AvgIpc) is 2.70. The summed E-state index contributed by atoms with van der Waals surface area (Å²) in [6.07, 6.45) is -2.45. The van der Waals surface area contributed by atoms with Crippen LogP contribution >= 0.6 is 0 Å². The molecular formula is C14H15F3N2. The Hall–Kier alpha value is -1.91. The van der Waals surface area contributed by atoms with Gasteiger partial charge < -0.3 is 10.3 Å². The first kappa shape index (κ1) is 13.5. The van der Waals surface area contributed by atoms with Gasteiger partial charge in [-0.05, 0) is 37.6 Å². The number of halogens is 3. The van der Waals surface area contributed by atoms with E-state index in [1.165, 1.54) is 12.1 Å². The number of nitrogens with zero attached hydrogens (tertiary/aromatic N) is 1. The molecule has 0 saturated heterocycles. The molecule has 0 radical (unpaired) electrons. The Morgan fingerprint density at radius 3 is 2.05 bits per heavy atom. The topological polar surface area (TPSA) is 30.9 Å². The molecule has 1 aromatic carbocycles. The second-order valence-corrected chi connectivity index (χ2v) is 4.73. The highest BCUT2D eigenvalue weighted by Crippen LogP contribution is 2.32. The summed E-state index contributed by atoms with van der Waals surface area (Å²) in [6, 6.07) is 7.06. The van der Waals surface area contributed by atoms with Gasteiger partial charge in [0.25, 0.3) is 0 Å². The lowest BCUT2D eigenvalue weighted by molar-refractivity contribution is -0.137. The molecule has 102 valence electrons. The Bertz CT molecular complexity index is 565. The van der Waals surface area contributed by atoms with Crippen LogP contribution in [0.2, 0.25) is 0 Å². The summed E-state index contributed by atoms with van der Waals surface area (Å²) >= 11 is 0. The summed E-state index contributed by atoms with van der Waals surface area (Å²) in [5.41, 5.74) is 6.76. The zero-order valence-corrected chi connectivity index (χ0v) is 10.7. The molecule has 0 aliphatic rings. The number of alkyl halides is 3. The van der Waals surface area contributed by atoms with Crippen LogP contribution in [-0.4, -0.2) is 4.57 Å². The van der Waals surface area contributed by atoms with Crippen molar-refractivity contribution < 1.29 is 13.2 Å². The van der Waals surface area contributed by atoms with E-state index in [0.29, 0.717) is 5.82 Å². The maximum atomic E-state index is 12.5. The molecule has 0 unspecified atom stereocenters. The average molecular weight is 268 g/mol. The van der Waals surface area contributed by atoms with Crippen molar-refractivity contribution in [3.05, 3.63) is 42.1 Å². The predicted molar refractivity (Wildman–Crippen MR) is 69.7 cm³/mol. The quantitative estimate of drug-likeness (QED) is 0.863. The fraction of sp³-hybridized carbons (Fsp3) is 0.286. The number of nitrogen functional groups attached to an aromatic ring is 1. The zero-order chi connectivity index (χ0) is 14.2. The summed E-state index contributed by atoms with van der Waals surface area (Å²) in [5, 5.41) is 0. The van der Waals surface area contributed by atoms with Crippen molar-refractivity contribution in [3.63, 3.8) is 0 Å². The number of hydrogen-bond donors (Lipinski definition) is 1. The monoisotopic (exact) mass is 268 g/mol. The summed E-state index contributed by atoms with van der Waals surface area (Å²) in [6.45, 7) is 3.99. The summed E-state index contributed by atoms with van der Waals surface area (Å²) in [7, 11) is 0. The third-order valence-electron chi connectivity index (χ3n) is 2.98.